The molecule has 0 atom stereocenters. The van der Waals surface area contributed by atoms with Crippen molar-refractivity contribution in [3.05, 3.63) is 24.4 Å². The van der Waals surface area contributed by atoms with Crippen molar-refractivity contribution >= 4 is 12.2 Å². The second-order valence-corrected chi connectivity index (χ2v) is 1.93. The Kier molecular flexibility index (Phi) is 4.45. The highest BCUT2D eigenvalue weighted by Crippen LogP contribution is 1.88. The van der Waals surface area contributed by atoms with Crippen LogP contribution in [-0.4, -0.2) is 28.4 Å². The Morgan fingerprint density at radius 1 is 1.55 bits per heavy atom. The first-order valence-corrected chi connectivity index (χ1v) is 2.96. The summed E-state index contributed by atoms with van der Waals surface area (Å²) in [5.74, 6) is -0.917. The third kappa shape index (κ3) is 3.72. The fourth-order valence-electron chi connectivity index (χ4n) is 0.720. The zero-order valence-electron chi connectivity index (χ0n) is 5.77. The fourth-order valence-corrected chi connectivity index (χ4v) is 0.720. The predicted octanol–water partition coefficient (Wildman–Crippen LogP) is -2.76. The molecular formula is C7H8BrNO2. The highest BCUT2D eigenvalue weighted by atomic mass is 79.9. The summed E-state index contributed by atoms with van der Waals surface area (Å²) < 4.78 is 1.60. The largest absolute Gasteiger partial charge is 1.00 e. The molecule has 0 aromatic carbocycles. The van der Waals surface area contributed by atoms with E-state index in [4.69, 9.17) is 5.11 Å². The molecule has 0 radical (unpaired) electrons. The maximum absolute atomic E-state index is 10.1. The van der Waals surface area contributed by atoms with Crippen LogP contribution in [0.3, 0.4) is 0 Å². The van der Waals surface area contributed by atoms with Gasteiger partial charge in [-0.15, -0.1) is 0 Å². The van der Waals surface area contributed by atoms with E-state index in [9.17, 15) is 4.79 Å². The molecule has 4 heteroatoms. The molecule has 1 N–H and O–H groups in total. The first-order chi connectivity index (χ1) is 4.79. The number of allylic oxidation sites excluding steroid dienone is 2. The van der Waals surface area contributed by atoms with Crippen LogP contribution in [0, 0.1) is 0 Å². The zero-order valence-corrected chi connectivity index (χ0v) is 7.36. The molecule has 1 aliphatic heterocycles. The van der Waals surface area contributed by atoms with Crippen molar-refractivity contribution in [2.45, 2.75) is 0 Å². The average Bonchev–Trinajstić information content (AvgIpc) is 1.88. The Hall–Kier alpha value is -0.900. The van der Waals surface area contributed by atoms with E-state index in [0.717, 1.165) is 6.21 Å². The van der Waals surface area contributed by atoms with Crippen LogP contribution in [0.4, 0.5) is 0 Å². The maximum Gasteiger partial charge on any atom is 0.393 e. The number of nitrogens with zero attached hydrogens (tertiary/aromatic N) is 1. The van der Waals surface area contributed by atoms with E-state index in [-0.39, 0.29) is 17.0 Å². The summed E-state index contributed by atoms with van der Waals surface area (Å²) in [6, 6.07) is 0. The van der Waals surface area contributed by atoms with Gasteiger partial charge in [-0.05, 0) is 6.08 Å². The molecule has 0 bridgehead atoms. The van der Waals surface area contributed by atoms with Gasteiger partial charge in [-0.1, -0.05) is 6.08 Å². The molecule has 0 fully saturated rings. The van der Waals surface area contributed by atoms with Gasteiger partial charge in [0.25, 0.3) is 6.21 Å². The fraction of sp³-hybridized carbons (Fsp3) is 0.143. The second-order valence-electron chi connectivity index (χ2n) is 1.93. The van der Waals surface area contributed by atoms with Gasteiger partial charge in [0, 0.05) is 6.08 Å². The first-order valence-electron chi connectivity index (χ1n) is 2.96. The van der Waals surface area contributed by atoms with Crippen molar-refractivity contribution in [1.29, 1.82) is 0 Å². The van der Waals surface area contributed by atoms with E-state index < -0.39 is 5.97 Å². The molecule has 11 heavy (non-hydrogen) atoms. The van der Waals surface area contributed by atoms with Crippen molar-refractivity contribution in [2.75, 3.05) is 6.54 Å². The van der Waals surface area contributed by atoms with Gasteiger partial charge >= 0.3 is 5.97 Å². The highest BCUT2D eigenvalue weighted by molar-refractivity contribution is 6.19. The number of rotatable bonds is 1. The van der Waals surface area contributed by atoms with Crippen LogP contribution < -0.4 is 17.0 Å². The average molecular weight is 218 g/mol. The molecule has 0 aromatic heterocycles. The van der Waals surface area contributed by atoms with Crippen LogP contribution in [-0.2, 0) is 4.79 Å². The number of halogens is 1. The Morgan fingerprint density at radius 2 is 2.27 bits per heavy atom. The summed E-state index contributed by atoms with van der Waals surface area (Å²) in [6.45, 7) is 0.642. The molecule has 3 nitrogen and oxygen atoms in total. The van der Waals surface area contributed by atoms with E-state index in [1.807, 2.05) is 12.2 Å². The van der Waals surface area contributed by atoms with Crippen LogP contribution >= 0.6 is 0 Å². The van der Waals surface area contributed by atoms with Crippen LogP contribution in [0.5, 0.6) is 0 Å². The van der Waals surface area contributed by atoms with Gasteiger partial charge in [-0.25, -0.2) is 4.79 Å². The van der Waals surface area contributed by atoms with Crippen LogP contribution in [0.15, 0.2) is 24.4 Å². The second kappa shape index (κ2) is 4.85. The molecule has 1 heterocycles. The van der Waals surface area contributed by atoms with E-state index in [1.54, 1.807) is 16.9 Å². The summed E-state index contributed by atoms with van der Waals surface area (Å²) in [5, 5.41) is 8.31. The molecule has 0 spiro atoms. The van der Waals surface area contributed by atoms with Gasteiger partial charge in [-0.2, -0.15) is 4.58 Å². The van der Waals surface area contributed by atoms with Gasteiger partial charge in [0.1, 0.15) is 0 Å². The Labute approximate surface area is 75.1 Å². The summed E-state index contributed by atoms with van der Waals surface area (Å²) in [7, 11) is 0. The monoisotopic (exact) mass is 217 g/mol. The summed E-state index contributed by atoms with van der Waals surface area (Å²) in [6.07, 6.45) is 8.42. The lowest BCUT2D eigenvalue weighted by Crippen LogP contribution is -3.00. The molecule has 0 amide bonds. The van der Waals surface area contributed by atoms with Gasteiger partial charge in [-0.3, -0.25) is 0 Å². The van der Waals surface area contributed by atoms with Crippen molar-refractivity contribution in [3.63, 3.8) is 0 Å². The minimum atomic E-state index is -0.917. The number of carboxylic acids is 1. The Bertz CT molecular complexity index is 231. The summed E-state index contributed by atoms with van der Waals surface area (Å²) >= 11 is 0. The minimum absolute atomic E-state index is 0. The molecule has 0 aliphatic carbocycles. The summed E-state index contributed by atoms with van der Waals surface area (Å²) in [4.78, 5) is 10.1. The van der Waals surface area contributed by atoms with E-state index in [0.29, 0.717) is 6.54 Å². The molecule has 60 valence electrons. The van der Waals surface area contributed by atoms with E-state index in [2.05, 4.69) is 0 Å². The normalized spacial score (nSPS) is 18.0. The molecule has 0 aromatic rings. The first kappa shape index (κ1) is 10.1. The maximum atomic E-state index is 10.1. The van der Waals surface area contributed by atoms with Crippen LogP contribution in [0.2, 0.25) is 0 Å². The van der Waals surface area contributed by atoms with Gasteiger partial charge in [0.2, 0.25) is 0 Å². The van der Waals surface area contributed by atoms with Gasteiger partial charge in [0.15, 0.2) is 12.7 Å². The molecule has 0 saturated heterocycles. The quantitative estimate of drug-likeness (QED) is 0.484. The lowest BCUT2D eigenvalue weighted by Gasteiger charge is -1.93. The highest BCUT2D eigenvalue weighted by Gasteiger charge is 2.02. The number of aliphatic carboxylic acids is 1. The van der Waals surface area contributed by atoms with Crippen molar-refractivity contribution < 1.29 is 31.5 Å². The Balaban J connectivity index is 0.000001000. The number of hydrogen-bond donors (Lipinski definition) is 1. The summed E-state index contributed by atoms with van der Waals surface area (Å²) in [5.41, 5.74) is 0. The van der Waals surface area contributed by atoms with Gasteiger partial charge in [0.05, 0.1) is 0 Å². The van der Waals surface area contributed by atoms with Gasteiger partial charge < -0.3 is 22.1 Å². The molecule has 0 unspecified atom stereocenters. The van der Waals surface area contributed by atoms with E-state index >= 15 is 0 Å². The van der Waals surface area contributed by atoms with Crippen molar-refractivity contribution in [1.82, 2.24) is 0 Å². The molecule has 1 rings (SSSR count). The van der Waals surface area contributed by atoms with E-state index in [1.165, 1.54) is 0 Å². The third-order valence-electron chi connectivity index (χ3n) is 1.12. The number of carbonyl (C=O) groups is 1. The number of carboxylic acid groups (broad SMARTS) is 1. The predicted molar refractivity (Wildman–Crippen MR) is 37.1 cm³/mol. The SMILES string of the molecule is O=C(O)C=[N+]1C=CC=CC1.[Br-]. The van der Waals surface area contributed by atoms with Crippen LogP contribution in [0.1, 0.15) is 0 Å². The lowest BCUT2D eigenvalue weighted by molar-refractivity contribution is -0.441. The van der Waals surface area contributed by atoms with Crippen LogP contribution in [0.25, 0.3) is 0 Å². The molecule has 0 saturated carbocycles. The zero-order chi connectivity index (χ0) is 7.40. The Morgan fingerprint density at radius 3 is 2.73 bits per heavy atom. The smallest absolute Gasteiger partial charge is 0.393 e. The van der Waals surface area contributed by atoms with Crippen molar-refractivity contribution in [3.8, 4) is 0 Å². The standard InChI is InChI=1S/C7H7NO2.BrH/c9-7(10)6-8-4-2-1-3-5-8;/h1-4,6H,5H2;1H. The third-order valence-corrected chi connectivity index (χ3v) is 1.12. The molecular weight excluding hydrogens is 210 g/mol. The number of hydrogen-bond acceptors (Lipinski definition) is 1. The molecule has 1 aliphatic rings. The minimum Gasteiger partial charge on any atom is -1.00 e. The lowest BCUT2D eigenvalue weighted by atomic mass is 10.4. The topological polar surface area (TPSA) is 40.3 Å². The van der Waals surface area contributed by atoms with Crippen molar-refractivity contribution in [2.24, 2.45) is 0 Å².